The van der Waals surface area contributed by atoms with Crippen LogP contribution in [-0.2, 0) is 4.79 Å². The maximum atomic E-state index is 12.0. The Balaban J connectivity index is 1.97. The van der Waals surface area contributed by atoms with Crippen LogP contribution in [0.3, 0.4) is 0 Å². The number of hydrogen-bond acceptors (Lipinski definition) is 1. The van der Waals surface area contributed by atoms with Gasteiger partial charge in [-0.2, -0.15) is 0 Å². The highest BCUT2D eigenvalue weighted by Gasteiger charge is 2.39. The van der Waals surface area contributed by atoms with E-state index >= 15 is 0 Å². The van der Waals surface area contributed by atoms with Gasteiger partial charge in [0.25, 0.3) is 0 Å². The third kappa shape index (κ3) is 2.86. The molecule has 98 valence electrons. The normalized spacial score (nSPS) is 28.4. The Bertz CT molecular complexity index is 284. The van der Waals surface area contributed by atoms with Crippen molar-refractivity contribution in [2.24, 2.45) is 17.3 Å². The summed E-state index contributed by atoms with van der Waals surface area (Å²) in [6.07, 6.45) is 6.02. The van der Waals surface area contributed by atoms with E-state index in [2.05, 4.69) is 34.7 Å². The number of amides is 1. The summed E-state index contributed by atoms with van der Waals surface area (Å²) in [7, 11) is 0. The van der Waals surface area contributed by atoms with Crippen LogP contribution in [0.25, 0.3) is 0 Å². The highest BCUT2D eigenvalue weighted by atomic mass is 79.9. The minimum Gasteiger partial charge on any atom is -0.342 e. The fraction of sp³-hybridized carbons (Fsp3) is 0.929. The number of rotatable bonds is 4. The van der Waals surface area contributed by atoms with Gasteiger partial charge in [-0.25, -0.2) is 0 Å². The van der Waals surface area contributed by atoms with Gasteiger partial charge in [-0.3, -0.25) is 4.79 Å². The Morgan fingerprint density at radius 1 is 1.41 bits per heavy atom. The van der Waals surface area contributed by atoms with Crippen molar-refractivity contribution in [3.8, 4) is 0 Å². The molecule has 1 aliphatic heterocycles. The van der Waals surface area contributed by atoms with Gasteiger partial charge in [0.05, 0.1) is 0 Å². The Morgan fingerprint density at radius 3 is 2.53 bits per heavy atom. The third-order valence-electron chi connectivity index (χ3n) is 4.66. The Kier molecular flexibility index (Phi) is 4.17. The average molecular weight is 302 g/mol. The van der Waals surface area contributed by atoms with Crippen molar-refractivity contribution < 1.29 is 4.79 Å². The van der Waals surface area contributed by atoms with Gasteiger partial charge in [0.15, 0.2) is 0 Å². The van der Waals surface area contributed by atoms with Crippen LogP contribution in [0, 0.1) is 17.3 Å². The van der Waals surface area contributed by atoms with Crippen molar-refractivity contribution in [1.82, 2.24) is 4.90 Å². The quantitative estimate of drug-likeness (QED) is 0.728. The predicted molar refractivity (Wildman–Crippen MR) is 74.2 cm³/mol. The minimum atomic E-state index is 0.377. The van der Waals surface area contributed by atoms with E-state index in [0.717, 1.165) is 24.8 Å². The summed E-state index contributed by atoms with van der Waals surface area (Å²) in [6, 6.07) is 0. The summed E-state index contributed by atoms with van der Waals surface area (Å²) in [5.74, 6) is 1.60. The molecule has 3 heteroatoms. The van der Waals surface area contributed by atoms with Gasteiger partial charge in [-0.1, -0.05) is 42.6 Å². The van der Waals surface area contributed by atoms with Crippen LogP contribution in [0.5, 0.6) is 0 Å². The van der Waals surface area contributed by atoms with Crippen LogP contribution in [-0.4, -0.2) is 29.2 Å². The van der Waals surface area contributed by atoms with Gasteiger partial charge in [0, 0.05) is 24.8 Å². The zero-order valence-electron chi connectivity index (χ0n) is 11.0. The van der Waals surface area contributed by atoms with Gasteiger partial charge in [0.2, 0.25) is 5.91 Å². The lowest BCUT2D eigenvalue weighted by molar-refractivity contribution is -0.128. The van der Waals surface area contributed by atoms with E-state index in [1.165, 1.54) is 25.7 Å². The molecule has 1 aliphatic carbocycles. The Hall–Kier alpha value is -0.0500. The Morgan fingerprint density at radius 2 is 2.06 bits per heavy atom. The molecule has 0 bridgehead atoms. The molecule has 0 aromatic carbocycles. The van der Waals surface area contributed by atoms with Gasteiger partial charge in [-0.15, -0.1) is 0 Å². The number of carbonyl (C=O) groups is 1. The van der Waals surface area contributed by atoms with Gasteiger partial charge < -0.3 is 4.90 Å². The Labute approximate surface area is 113 Å². The first-order chi connectivity index (χ1) is 8.06. The van der Waals surface area contributed by atoms with Crippen molar-refractivity contribution >= 4 is 21.8 Å². The summed E-state index contributed by atoms with van der Waals surface area (Å²) in [4.78, 5) is 14.2. The summed E-state index contributed by atoms with van der Waals surface area (Å²) < 4.78 is 0. The van der Waals surface area contributed by atoms with E-state index in [1.807, 2.05) is 0 Å². The lowest BCUT2D eigenvalue weighted by Crippen LogP contribution is -2.38. The molecule has 2 fully saturated rings. The summed E-state index contributed by atoms with van der Waals surface area (Å²) >= 11 is 3.67. The molecular weight excluding hydrogens is 278 g/mol. The molecule has 2 aliphatic rings. The molecule has 1 saturated heterocycles. The van der Waals surface area contributed by atoms with Gasteiger partial charge in [-0.05, 0) is 30.1 Å². The number of nitrogens with zero attached hydrogens (tertiary/aromatic N) is 1. The number of halogens is 1. The van der Waals surface area contributed by atoms with Gasteiger partial charge >= 0.3 is 0 Å². The third-order valence-corrected chi connectivity index (χ3v) is 5.85. The standard InChI is InChI=1S/C14H24BrNO/c1-11(2)12-7-13(17)16(8-12)10-14(9-15)5-3-4-6-14/h11-12H,3-10H2,1-2H3. The lowest BCUT2D eigenvalue weighted by Gasteiger charge is -2.32. The van der Waals surface area contributed by atoms with E-state index < -0.39 is 0 Å². The minimum absolute atomic E-state index is 0.377. The number of carbonyl (C=O) groups excluding carboxylic acids is 1. The molecule has 17 heavy (non-hydrogen) atoms. The highest BCUT2D eigenvalue weighted by Crippen LogP contribution is 2.41. The van der Waals surface area contributed by atoms with E-state index in [-0.39, 0.29) is 0 Å². The van der Waals surface area contributed by atoms with Crippen LogP contribution < -0.4 is 0 Å². The zero-order chi connectivity index (χ0) is 12.5. The molecule has 0 aromatic heterocycles. The smallest absolute Gasteiger partial charge is 0.222 e. The maximum absolute atomic E-state index is 12.0. The fourth-order valence-electron chi connectivity index (χ4n) is 3.27. The molecule has 0 aromatic rings. The summed E-state index contributed by atoms with van der Waals surface area (Å²) in [6.45, 7) is 6.44. The van der Waals surface area contributed by atoms with Crippen molar-refractivity contribution in [2.75, 3.05) is 18.4 Å². The zero-order valence-corrected chi connectivity index (χ0v) is 12.6. The molecule has 0 radical (unpaired) electrons. The number of hydrogen-bond donors (Lipinski definition) is 0. The molecule has 1 heterocycles. The van der Waals surface area contributed by atoms with E-state index in [1.54, 1.807) is 0 Å². The van der Waals surface area contributed by atoms with E-state index in [9.17, 15) is 4.79 Å². The molecular formula is C14H24BrNO. The molecule has 1 atom stereocenters. The monoisotopic (exact) mass is 301 g/mol. The van der Waals surface area contributed by atoms with Crippen LogP contribution in [0.1, 0.15) is 46.0 Å². The van der Waals surface area contributed by atoms with E-state index in [0.29, 0.717) is 23.2 Å². The van der Waals surface area contributed by atoms with Crippen LogP contribution in [0.2, 0.25) is 0 Å². The molecule has 0 spiro atoms. The maximum Gasteiger partial charge on any atom is 0.222 e. The first-order valence-electron chi connectivity index (χ1n) is 6.90. The lowest BCUT2D eigenvalue weighted by atomic mass is 9.88. The number of alkyl halides is 1. The molecule has 1 unspecified atom stereocenters. The average Bonchev–Trinajstić information content (AvgIpc) is 2.88. The van der Waals surface area contributed by atoms with Crippen molar-refractivity contribution in [2.45, 2.75) is 46.0 Å². The second-order valence-corrected chi connectivity index (χ2v) is 6.88. The highest BCUT2D eigenvalue weighted by molar-refractivity contribution is 9.09. The van der Waals surface area contributed by atoms with Crippen molar-refractivity contribution in [3.05, 3.63) is 0 Å². The molecule has 1 saturated carbocycles. The van der Waals surface area contributed by atoms with Crippen molar-refractivity contribution in [1.29, 1.82) is 0 Å². The topological polar surface area (TPSA) is 20.3 Å². The summed E-state index contributed by atoms with van der Waals surface area (Å²) in [5, 5.41) is 1.05. The van der Waals surface area contributed by atoms with E-state index in [4.69, 9.17) is 0 Å². The fourth-order valence-corrected chi connectivity index (χ4v) is 4.00. The second-order valence-electron chi connectivity index (χ2n) is 6.32. The van der Waals surface area contributed by atoms with Crippen LogP contribution >= 0.6 is 15.9 Å². The van der Waals surface area contributed by atoms with Crippen LogP contribution in [0.15, 0.2) is 0 Å². The molecule has 0 N–H and O–H groups in total. The predicted octanol–water partition coefficient (Wildman–Crippen LogP) is 3.45. The molecule has 2 rings (SSSR count). The van der Waals surface area contributed by atoms with Gasteiger partial charge in [0.1, 0.15) is 0 Å². The number of likely N-dealkylation sites (tertiary alicyclic amines) is 1. The first kappa shape index (κ1) is 13.4. The second kappa shape index (κ2) is 5.29. The molecule has 1 amide bonds. The largest absolute Gasteiger partial charge is 0.342 e. The van der Waals surface area contributed by atoms with Crippen LogP contribution in [0.4, 0.5) is 0 Å². The molecule has 2 nitrogen and oxygen atoms in total. The SMILES string of the molecule is CC(C)C1CC(=O)N(CC2(CBr)CCCC2)C1. The first-order valence-corrected chi connectivity index (χ1v) is 8.02. The summed E-state index contributed by atoms with van der Waals surface area (Å²) in [5.41, 5.74) is 0.377. The van der Waals surface area contributed by atoms with Crippen molar-refractivity contribution in [3.63, 3.8) is 0 Å².